The zero-order chi connectivity index (χ0) is 13.8. The van der Waals surface area contributed by atoms with Gasteiger partial charge in [-0.05, 0) is 24.3 Å². The van der Waals surface area contributed by atoms with E-state index in [4.69, 9.17) is 0 Å². The van der Waals surface area contributed by atoms with Crippen molar-refractivity contribution in [2.45, 2.75) is 0 Å². The average molecular weight is 278 g/mol. The number of ether oxygens (including phenoxy) is 1. The summed E-state index contributed by atoms with van der Waals surface area (Å²) in [6, 6.07) is 5.97. The summed E-state index contributed by atoms with van der Waals surface area (Å²) in [6.07, 6.45) is 1.45. The Kier molecular flexibility index (Phi) is 3.76. The summed E-state index contributed by atoms with van der Waals surface area (Å²) in [5, 5.41) is 11.9. The van der Waals surface area contributed by atoms with E-state index in [0.29, 0.717) is 9.75 Å². The van der Waals surface area contributed by atoms with Gasteiger partial charge in [-0.2, -0.15) is 0 Å². The van der Waals surface area contributed by atoms with E-state index in [1.807, 2.05) is 0 Å². The molecule has 1 amide bonds. The van der Waals surface area contributed by atoms with Crippen LogP contribution in [0.2, 0.25) is 0 Å². The monoisotopic (exact) mass is 278 g/mol. The van der Waals surface area contributed by atoms with Crippen LogP contribution in [0.3, 0.4) is 0 Å². The van der Waals surface area contributed by atoms with Crippen molar-refractivity contribution in [3.8, 4) is 5.75 Å². The third-order valence-electron chi connectivity index (χ3n) is 2.23. The fourth-order valence-electron chi connectivity index (χ4n) is 1.33. The van der Waals surface area contributed by atoms with Crippen LogP contribution in [0.5, 0.6) is 5.75 Å². The number of pyridine rings is 1. The lowest BCUT2D eigenvalue weighted by Crippen LogP contribution is -2.11. The van der Waals surface area contributed by atoms with Gasteiger partial charge in [0.15, 0.2) is 11.6 Å². The first-order valence-electron chi connectivity index (χ1n) is 5.25. The number of rotatable bonds is 3. The predicted molar refractivity (Wildman–Crippen MR) is 69.5 cm³/mol. The van der Waals surface area contributed by atoms with Gasteiger partial charge in [-0.25, -0.2) is 9.78 Å². The first-order valence-corrected chi connectivity index (χ1v) is 6.07. The minimum absolute atomic E-state index is 0.0699. The number of esters is 1. The minimum atomic E-state index is -0.496. The molecule has 0 aliphatic rings. The highest BCUT2D eigenvalue weighted by atomic mass is 32.1. The second kappa shape index (κ2) is 5.49. The van der Waals surface area contributed by atoms with Gasteiger partial charge in [0.2, 0.25) is 0 Å². The smallest absolute Gasteiger partial charge is 0.348 e. The van der Waals surface area contributed by atoms with Crippen molar-refractivity contribution >= 4 is 29.0 Å². The number of aromatic hydroxyl groups is 1. The van der Waals surface area contributed by atoms with Gasteiger partial charge in [0.05, 0.1) is 12.0 Å². The van der Waals surface area contributed by atoms with Gasteiger partial charge in [-0.3, -0.25) is 4.79 Å². The Hall–Kier alpha value is -2.41. The summed E-state index contributed by atoms with van der Waals surface area (Å²) in [7, 11) is 1.27. The van der Waals surface area contributed by atoms with Gasteiger partial charge in [0.1, 0.15) is 4.88 Å². The molecule has 98 valence electrons. The summed E-state index contributed by atoms with van der Waals surface area (Å²) in [5.41, 5.74) is 0. The second-order valence-electron chi connectivity index (χ2n) is 3.48. The van der Waals surface area contributed by atoms with Crippen LogP contribution in [-0.4, -0.2) is 29.1 Å². The normalized spacial score (nSPS) is 9.95. The molecule has 0 saturated heterocycles. The van der Waals surface area contributed by atoms with E-state index in [1.165, 1.54) is 31.5 Å². The average Bonchev–Trinajstić information content (AvgIpc) is 2.90. The van der Waals surface area contributed by atoms with Crippen molar-refractivity contribution < 1.29 is 19.4 Å². The Bertz CT molecular complexity index is 624. The summed E-state index contributed by atoms with van der Waals surface area (Å²) in [5.74, 6) is -1.000. The maximum atomic E-state index is 11.9. The van der Waals surface area contributed by atoms with Gasteiger partial charge >= 0.3 is 5.97 Å². The molecule has 0 bridgehead atoms. The number of carbonyl (C=O) groups is 2. The number of aromatic nitrogens is 1. The van der Waals surface area contributed by atoms with E-state index in [1.54, 1.807) is 6.07 Å². The van der Waals surface area contributed by atoms with E-state index < -0.39 is 11.9 Å². The SMILES string of the molecule is COC(=O)c1ccc(C(=O)Nc2ncccc2O)s1. The quantitative estimate of drug-likeness (QED) is 0.837. The van der Waals surface area contributed by atoms with Crippen LogP contribution < -0.4 is 5.32 Å². The van der Waals surface area contributed by atoms with Crippen LogP contribution in [0.15, 0.2) is 30.5 Å². The van der Waals surface area contributed by atoms with E-state index in [-0.39, 0.29) is 11.6 Å². The van der Waals surface area contributed by atoms with Gasteiger partial charge in [0, 0.05) is 6.20 Å². The highest BCUT2D eigenvalue weighted by molar-refractivity contribution is 7.16. The molecule has 0 unspecified atom stereocenters. The third-order valence-corrected chi connectivity index (χ3v) is 3.30. The molecular formula is C12H10N2O4S. The standard InChI is InChI=1S/C12H10N2O4S/c1-18-12(17)9-5-4-8(19-9)11(16)14-10-7(15)3-2-6-13-10/h2-6,15H,1H3,(H,13,14,16). The molecule has 6 nitrogen and oxygen atoms in total. The van der Waals surface area contributed by atoms with Crippen LogP contribution >= 0.6 is 11.3 Å². The Morgan fingerprint density at radius 1 is 1.32 bits per heavy atom. The molecule has 0 atom stereocenters. The first-order chi connectivity index (χ1) is 9.11. The number of hydrogen-bond acceptors (Lipinski definition) is 6. The van der Waals surface area contributed by atoms with Crippen LogP contribution in [0.4, 0.5) is 5.82 Å². The molecule has 0 fully saturated rings. The number of nitrogens with zero attached hydrogens (tertiary/aromatic N) is 1. The predicted octanol–water partition coefficient (Wildman–Crippen LogP) is 1.89. The summed E-state index contributed by atoms with van der Waals surface area (Å²) in [4.78, 5) is 27.6. The van der Waals surface area contributed by atoms with Gasteiger partial charge in [0.25, 0.3) is 5.91 Å². The fraction of sp³-hybridized carbons (Fsp3) is 0.0833. The van der Waals surface area contributed by atoms with E-state index in [9.17, 15) is 14.7 Å². The second-order valence-corrected chi connectivity index (χ2v) is 4.56. The number of hydrogen-bond donors (Lipinski definition) is 2. The van der Waals surface area contributed by atoms with Crippen LogP contribution in [0.25, 0.3) is 0 Å². The molecule has 2 aromatic rings. The van der Waals surface area contributed by atoms with Crippen molar-refractivity contribution in [3.63, 3.8) is 0 Å². The molecule has 0 aliphatic heterocycles. The Labute approximate surface area is 112 Å². The molecular weight excluding hydrogens is 268 g/mol. The van der Waals surface area contributed by atoms with Crippen molar-refractivity contribution in [1.82, 2.24) is 4.98 Å². The number of nitrogens with one attached hydrogen (secondary N) is 1. The number of amides is 1. The molecule has 2 rings (SSSR count). The lowest BCUT2D eigenvalue weighted by atomic mass is 10.4. The molecule has 2 aromatic heterocycles. The lowest BCUT2D eigenvalue weighted by molar-refractivity contribution is 0.0606. The molecule has 2 heterocycles. The molecule has 19 heavy (non-hydrogen) atoms. The van der Waals surface area contributed by atoms with Gasteiger partial charge < -0.3 is 15.2 Å². The number of thiophene rings is 1. The first kappa shape index (κ1) is 13.0. The molecule has 0 spiro atoms. The van der Waals surface area contributed by atoms with E-state index in [0.717, 1.165) is 11.3 Å². The number of carbonyl (C=O) groups excluding carboxylic acids is 2. The van der Waals surface area contributed by atoms with Gasteiger partial charge in [-0.1, -0.05) is 0 Å². The van der Waals surface area contributed by atoms with Crippen LogP contribution in [-0.2, 0) is 4.74 Å². The molecule has 0 saturated carbocycles. The molecule has 0 radical (unpaired) electrons. The lowest BCUT2D eigenvalue weighted by Gasteiger charge is -2.03. The van der Waals surface area contributed by atoms with Crippen LogP contribution in [0, 0.1) is 0 Å². The third kappa shape index (κ3) is 2.89. The van der Waals surface area contributed by atoms with Crippen molar-refractivity contribution in [1.29, 1.82) is 0 Å². The Morgan fingerprint density at radius 2 is 2.05 bits per heavy atom. The van der Waals surface area contributed by atoms with Crippen molar-refractivity contribution in [2.24, 2.45) is 0 Å². The highest BCUT2D eigenvalue weighted by Crippen LogP contribution is 2.22. The number of methoxy groups -OCH3 is 1. The summed E-state index contributed by atoms with van der Waals surface area (Å²) < 4.78 is 4.55. The Morgan fingerprint density at radius 3 is 2.74 bits per heavy atom. The van der Waals surface area contributed by atoms with E-state index in [2.05, 4.69) is 15.0 Å². The summed E-state index contributed by atoms with van der Waals surface area (Å²) in [6.45, 7) is 0. The van der Waals surface area contributed by atoms with Crippen molar-refractivity contribution in [3.05, 3.63) is 40.2 Å². The van der Waals surface area contributed by atoms with Crippen LogP contribution in [0.1, 0.15) is 19.3 Å². The van der Waals surface area contributed by atoms with Gasteiger partial charge in [-0.15, -0.1) is 11.3 Å². The minimum Gasteiger partial charge on any atom is -0.504 e. The fourth-order valence-corrected chi connectivity index (χ4v) is 2.15. The maximum absolute atomic E-state index is 11.9. The topological polar surface area (TPSA) is 88.5 Å². The number of anilines is 1. The highest BCUT2D eigenvalue weighted by Gasteiger charge is 2.15. The Balaban J connectivity index is 2.15. The van der Waals surface area contributed by atoms with Crippen molar-refractivity contribution in [2.75, 3.05) is 12.4 Å². The maximum Gasteiger partial charge on any atom is 0.348 e. The zero-order valence-electron chi connectivity index (χ0n) is 9.91. The summed E-state index contributed by atoms with van der Waals surface area (Å²) >= 11 is 1.00. The van der Waals surface area contributed by atoms with E-state index >= 15 is 0 Å². The molecule has 7 heteroatoms. The largest absolute Gasteiger partial charge is 0.504 e. The zero-order valence-corrected chi connectivity index (χ0v) is 10.7. The molecule has 0 aromatic carbocycles. The molecule has 2 N–H and O–H groups in total. The molecule has 0 aliphatic carbocycles.